The zero-order valence-corrected chi connectivity index (χ0v) is 23.5. The number of aromatic nitrogens is 2. The van der Waals surface area contributed by atoms with Gasteiger partial charge in [-0.2, -0.15) is 0 Å². The summed E-state index contributed by atoms with van der Waals surface area (Å²) in [6.45, 7) is 5.81. The first kappa shape index (κ1) is 26.5. The fourth-order valence-corrected chi connectivity index (χ4v) is 6.86. The van der Waals surface area contributed by atoms with Gasteiger partial charge in [0.25, 0.3) is 10.0 Å². The molecule has 9 heteroatoms. The topological polar surface area (TPSA) is 94.3 Å². The van der Waals surface area contributed by atoms with Crippen LogP contribution in [0, 0.1) is 13.8 Å². The lowest BCUT2D eigenvalue weighted by Crippen LogP contribution is -2.40. The van der Waals surface area contributed by atoms with Crippen molar-refractivity contribution in [3.8, 4) is 5.75 Å². The number of nitrogens with one attached hydrogen (secondary N) is 1. The maximum atomic E-state index is 13.9. The SMILES string of the molecule is CCc1cc(OCC2=CC=C(c3ccccc3)C(Cl)(S(=O)(=O)Nc3onc(C)c3C)C2)c2c(n1)CCCC2. The molecule has 0 aliphatic heterocycles. The highest BCUT2D eigenvalue weighted by Gasteiger charge is 2.48. The number of sulfonamides is 1. The number of rotatable bonds is 8. The second-order valence-corrected chi connectivity index (χ2v) is 12.7. The van der Waals surface area contributed by atoms with E-state index in [0.29, 0.717) is 16.8 Å². The second-order valence-electron chi connectivity index (χ2n) is 9.89. The van der Waals surface area contributed by atoms with Crippen molar-refractivity contribution in [3.05, 3.63) is 87.9 Å². The van der Waals surface area contributed by atoms with Gasteiger partial charge in [0.15, 0.2) is 4.21 Å². The number of hydrogen-bond acceptors (Lipinski definition) is 6. The number of nitrogens with zero attached hydrogens (tertiary/aromatic N) is 2. The third-order valence-electron chi connectivity index (χ3n) is 7.33. The van der Waals surface area contributed by atoms with Gasteiger partial charge in [-0.3, -0.25) is 4.98 Å². The quantitative estimate of drug-likeness (QED) is 0.329. The number of aryl methyl sites for hydroxylation is 3. The fourth-order valence-electron chi connectivity index (χ4n) is 4.96. The predicted molar refractivity (Wildman–Crippen MR) is 150 cm³/mol. The van der Waals surface area contributed by atoms with Gasteiger partial charge in [-0.1, -0.05) is 66.2 Å². The summed E-state index contributed by atoms with van der Waals surface area (Å²) in [6.07, 6.45) is 8.70. The highest BCUT2D eigenvalue weighted by atomic mass is 35.5. The minimum atomic E-state index is -4.18. The van der Waals surface area contributed by atoms with E-state index < -0.39 is 14.2 Å². The van der Waals surface area contributed by atoms with Gasteiger partial charge in [-0.25, -0.2) is 13.1 Å². The van der Waals surface area contributed by atoms with Crippen LogP contribution in [0.25, 0.3) is 5.57 Å². The molecule has 7 nitrogen and oxygen atoms in total. The van der Waals surface area contributed by atoms with Crippen molar-refractivity contribution in [2.45, 2.75) is 63.5 Å². The fraction of sp³-hybridized carbons (Fsp3) is 0.379. The molecule has 2 aliphatic rings. The Morgan fingerprint density at radius 2 is 1.89 bits per heavy atom. The van der Waals surface area contributed by atoms with Crippen LogP contribution in [-0.2, 0) is 29.3 Å². The monoisotopic (exact) mass is 553 g/mol. The molecular formula is C29H32ClN3O4S. The number of anilines is 1. The molecule has 2 heterocycles. The van der Waals surface area contributed by atoms with Crippen LogP contribution in [0.5, 0.6) is 5.75 Å². The summed E-state index contributed by atoms with van der Waals surface area (Å²) in [5, 5.41) is 3.88. The summed E-state index contributed by atoms with van der Waals surface area (Å²) in [5.74, 6) is 0.900. The van der Waals surface area contributed by atoms with Crippen LogP contribution >= 0.6 is 11.6 Å². The third kappa shape index (κ3) is 4.99. The Morgan fingerprint density at radius 3 is 2.61 bits per heavy atom. The number of ether oxygens (including phenoxy) is 1. The Bertz CT molecular complexity index is 1510. The Labute approximate surface area is 229 Å². The molecule has 0 saturated carbocycles. The molecule has 0 radical (unpaired) electrons. The zero-order chi connectivity index (χ0) is 26.9. The molecule has 38 heavy (non-hydrogen) atoms. The van der Waals surface area contributed by atoms with Gasteiger partial charge in [-0.15, -0.1) is 0 Å². The highest BCUT2D eigenvalue weighted by molar-refractivity contribution is 7.95. The van der Waals surface area contributed by atoms with E-state index in [1.165, 1.54) is 0 Å². The Kier molecular flexibility index (Phi) is 7.38. The second kappa shape index (κ2) is 10.6. The van der Waals surface area contributed by atoms with Crippen molar-refractivity contribution >= 4 is 33.1 Å². The van der Waals surface area contributed by atoms with E-state index in [9.17, 15) is 8.42 Å². The molecule has 0 amide bonds. The normalized spacial score (nSPS) is 19.4. The predicted octanol–water partition coefficient (Wildman–Crippen LogP) is 6.30. The number of hydrogen-bond donors (Lipinski definition) is 1. The molecule has 0 bridgehead atoms. The average Bonchev–Trinajstić information content (AvgIpc) is 3.23. The standard InChI is InChI=1S/C29H32ClN3O4S/c1-4-23-16-27(24-12-8-9-13-26(24)31-23)36-18-21-14-15-25(22-10-6-5-7-11-22)29(30,17-21)38(34,35)33-28-19(2)20(3)32-37-28/h5-7,10-11,14-16,33H,4,8-9,12-13,17-18H2,1-3H3. The molecule has 1 atom stereocenters. The third-order valence-corrected chi connectivity index (χ3v) is 9.94. The molecule has 1 unspecified atom stereocenters. The van der Waals surface area contributed by atoms with Gasteiger partial charge in [0.05, 0.1) is 5.69 Å². The Hall–Kier alpha value is -3.10. The van der Waals surface area contributed by atoms with Crippen molar-refractivity contribution in [3.63, 3.8) is 0 Å². The summed E-state index contributed by atoms with van der Waals surface area (Å²) in [7, 11) is -4.18. The number of alkyl halides is 1. The van der Waals surface area contributed by atoms with Crippen LogP contribution in [0.1, 0.15) is 60.0 Å². The first-order valence-electron chi connectivity index (χ1n) is 13.0. The summed E-state index contributed by atoms with van der Waals surface area (Å²) >= 11 is 7.13. The minimum absolute atomic E-state index is 0.0463. The van der Waals surface area contributed by atoms with Crippen LogP contribution in [0.4, 0.5) is 5.88 Å². The number of pyridine rings is 1. The van der Waals surface area contributed by atoms with Gasteiger partial charge in [0.2, 0.25) is 5.88 Å². The zero-order valence-electron chi connectivity index (χ0n) is 21.9. The summed E-state index contributed by atoms with van der Waals surface area (Å²) in [4.78, 5) is 4.81. The Morgan fingerprint density at radius 1 is 1.13 bits per heavy atom. The lowest BCUT2D eigenvalue weighted by molar-refractivity contribution is 0.339. The molecule has 0 saturated heterocycles. The lowest BCUT2D eigenvalue weighted by Gasteiger charge is -2.33. The maximum Gasteiger partial charge on any atom is 0.259 e. The van der Waals surface area contributed by atoms with Crippen molar-refractivity contribution in [2.75, 3.05) is 11.3 Å². The van der Waals surface area contributed by atoms with Gasteiger partial charge in [-0.05, 0) is 62.7 Å². The van der Waals surface area contributed by atoms with Crippen LogP contribution in [-0.4, -0.2) is 29.4 Å². The van der Waals surface area contributed by atoms with E-state index in [1.807, 2.05) is 42.5 Å². The number of benzene rings is 1. The lowest BCUT2D eigenvalue weighted by atomic mass is 9.92. The van der Waals surface area contributed by atoms with E-state index in [1.54, 1.807) is 19.9 Å². The summed E-state index contributed by atoms with van der Waals surface area (Å²) < 4.78 is 40.1. The summed E-state index contributed by atoms with van der Waals surface area (Å²) in [6, 6.07) is 11.3. The van der Waals surface area contributed by atoms with Crippen LogP contribution < -0.4 is 9.46 Å². The molecule has 200 valence electrons. The number of halogens is 1. The van der Waals surface area contributed by atoms with Crippen molar-refractivity contribution < 1.29 is 17.7 Å². The van der Waals surface area contributed by atoms with E-state index >= 15 is 0 Å². The average molecular weight is 554 g/mol. The van der Waals surface area contributed by atoms with Crippen molar-refractivity contribution in [2.24, 2.45) is 0 Å². The van der Waals surface area contributed by atoms with Gasteiger partial charge in [0.1, 0.15) is 12.4 Å². The largest absolute Gasteiger partial charge is 0.489 e. The molecule has 3 aromatic rings. The van der Waals surface area contributed by atoms with E-state index in [-0.39, 0.29) is 18.9 Å². The van der Waals surface area contributed by atoms with Gasteiger partial charge >= 0.3 is 0 Å². The molecule has 2 aromatic heterocycles. The molecule has 2 aliphatic carbocycles. The van der Waals surface area contributed by atoms with Gasteiger partial charge in [0, 0.05) is 35.0 Å². The molecule has 0 fully saturated rings. The van der Waals surface area contributed by atoms with E-state index in [2.05, 4.69) is 16.8 Å². The van der Waals surface area contributed by atoms with Crippen LogP contribution in [0.2, 0.25) is 0 Å². The first-order chi connectivity index (χ1) is 18.2. The molecule has 0 spiro atoms. The maximum absolute atomic E-state index is 13.9. The van der Waals surface area contributed by atoms with E-state index in [0.717, 1.165) is 65.9 Å². The smallest absolute Gasteiger partial charge is 0.259 e. The van der Waals surface area contributed by atoms with Gasteiger partial charge < -0.3 is 9.26 Å². The van der Waals surface area contributed by atoms with Crippen LogP contribution in [0.3, 0.4) is 0 Å². The number of allylic oxidation sites excluding steroid dienone is 2. The minimum Gasteiger partial charge on any atom is -0.489 e. The van der Waals surface area contributed by atoms with Crippen molar-refractivity contribution in [1.29, 1.82) is 0 Å². The number of fused-ring (bicyclic) bond motifs is 1. The van der Waals surface area contributed by atoms with E-state index in [4.69, 9.17) is 25.8 Å². The summed E-state index contributed by atoms with van der Waals surface area (Å²) in [5.41, 5.74) is 6.48. The first-order valence-corrected chi connectivity index (χ1v) is 14.8. The van der Waals surface area contributed by atoms with Crippen molar-refractivity contribution in [1.82, 2.24) is 10.1 Å². The molecule has 1 aromatic carbocycles. The molecule has 1 N–H and O–H groups in total. The molecular weight excluding hydrogens is 522 g/mol. The molecule has 5 rings (SSSR count). The highest BCUT2D eigenvalue weighted by Crippen LogP contribution is 2.46. The Balaban J connectivity index is 1.47. The van der Waals surface area contributed by atoms with Crippen LogP contribution in [0.15, 0.2) is 58.6 Å².